The summed E-state index contributed by atoms with van der Waals surface area (Å²) in [6, 6.07) is 8.50. The zero-order valence-electron chi connectivity index (χ0n) is 13.2. The number of rotatable bonds is 8. The van der Waals surface area contributed by atoms with E-state index in [1.165, 1.54) is 24.0 Å². The molecule has 2 N–H and O–H groups in total. The second-order valence-corrected chi connectivity index (χ2v) is 5.63. The van der Waals surface area contributed by atoms with Crippen molar-refractivity contribution in [2.75, 3.05) is 26.3 Å². The van der Waals surface area contributed by atoms with E-state index in [1.54, 1.807) is 0 Å². The molecule has 0 amide bonds. The highest BCUT2D eigenvalue weighted by atomic mass is 16.5. The highest BCUT2D eigenvalue weighted by molar-refractivity contribution is 5.79. The lowest BCUT2D eigenvalue weighted by molar-refractivity contribution is 0.129. The van der Waals surface area contributed by atoms with Gasteiger partial charge < -0.3 is 15.4 Å². The predicted octanol–water partition coefficient (Wildman–Crippen LogP) is 2.48. The molecule has 2 rings (SSSR count). The van der Waals surface area contributed by atoms with Gasteiger partial charge in [0.2, 0.25) is 0 Å². The summed E-state index contributed by atoms with van der Waals surface area (Å²) in [5, 5.41) is 6.57. The summed E-state index contributed by atoms with van der Waals surface area (Å²) in [6.45, 7) is 8.19. The molecule has 0 aromatic heterocycles. The number of aliphatic imine (C=N–C) groups is 1. The summed E-state index contributed by atoms with van der Waals surface area (Å²) >= 11 is 0. The smallest absolute Gasteiger partial charge is 0.191 e. The van der Waals surface area contributed by atoms with Gasteiger partial charge >= 0.3 is 0 Å². The molecule has 0 saturated heterocycles. The fraction of sp³-hybridized carbons (Fsp3) is 0.588. The first-order chi connectivity index (χ1) is 10.3. The number of benzene rings is 1. The van der Waals surface area contributed by atoms with Gasteiger partial charge in [-0.1, -0.05) is 29.8 Å². The number of hydrogen-bond donors (Lipinski definition) is 2. The Kier molecular flexibility index (Phi) is 6.54. The zero-order chi connectivity index (χ0) is 14.9. The second kappa shape index (κ2) is 8.67. The van der Waals surface area contributed by atoms with E-state index >= 15 is 0 Å². The molecule has 0 heterocycles. The predicted molar refractivity (Wildman–Crippen MR) is 87.5 cm³/mol. The van der Waals surface area contributed by atoms with Crippen LogP contribution >= 0.6 is 0 Å². The van der Waals surface area contributed by atoms with Crippen molar-refractivity contribution in [3.8, 4) is 0 Å². The van der Waals surface area contributed by atoms with Crippen LogP contribution in [0.3, 0.4) is 0 Å². The average Bonchev–Trinajstić information content (AvgIpc) is 3.30. The number of hydrogen-bond acceptors (Lipinski definition) is 2. The van der Waals surface area contributed by atoms with Crippen molar-refractivity contribution in [1.82, 2.24) is 10.6 Å². The lowest BCUT2D eigenvalue weighted by atomic mass is 10.1. The lowest BCUT2D eigenvalue weighted by Crippen LogP contribution is -2.39. The van der Waals surface area contributed by atoms with E-state index in [0.717, 1.165) is 38.2 Å². The van der Waals surface area contributed by atoms with E-state index in [9.17, 15) is 0 Å². The number of guanidine groups is 1. The van der Waals surface area contributed by atoms with E-state index in [-0.39, 0.29) is 0 Å². The van der Waals surface area contributed by atoms with E-state index in [1.807, 2.05) is 0 Å². The summed E-state index contributed by atoms with van der Waals surface area (Å²) in [5.74, 6) is 1.68. The standard InChI is InChI=1S/C17H27N3O/c1-3-18-17(19-10-11-21-13-16-8-9-16)20-12-15-6-4-14(2)5-7-15/h4-7,16H,3,8-13H2,1-2H3,(H2,18,19,20). The van der Waals surface area contributed by atoms with Crippen LogP contribution < -0.4 is 10.6 Å². The summed E-state index contributed by atoms with van der Waals surface area (Å²) in [6.07, 6.45) is 2.68. The molecule has 21 heavy (non-hydrogen) atoms. The van der Waals surface area contributed by atoms with Crippen LogP contribution in [0.5, 0.6) is 0 Å². The normalized spacial score (nSPS) is 15.0. The molecule has 4 heteroatoms. The van der Waals surface area contributed by atoms with E-state index in [0.29, 0.717) is 6.54 Å². The molecule has 1 aromatic carbocycles. The van der Waals surface area contributed by atoms with Crippen molar-refractivity contribution in [2.24, 2.45) is 10.9 Å². The minimum Gasteiger partial charge on any atom is -0.379 e. The van der Waals surface area contributed by atoms with Crippen LogP contribution in [0.15, 0.2) is 29.3 Å². The third-order valence-corrected chi connectivity index (χ3v) is 3.47. The number of aryl methyl sites for hydroxylation is 1. The molecule has 1 aromatic rings. The number of nitrogens with one attached hydrogen (secondary N) is 2. The van der Waals surface area contributed by atoms with Crippen molar-refractivity contribution in [2.45, 2.75) is 33.2 Å². The molecule has 1 aliphatic rings. The van der Waals surface area contributed by atoms with Gasteiger partial charge in [0.25, 0.3) is 0 Å². The van der Waals surface area contributed by atoms with Crippen LogP contribution in [-0.2, 0) is 11.3 Å². The van der Waals surface area contributed by atoms with Gasteiger partial charge in [0, 0.05) is 19.7 Å². The maximum Gasteiger partial charge on any atom is 0.191 e. The molecule has 0 bridgehead atoms. The van der Waals surface area contributed by atoms with Crippen LogP contribution in [0.2, 0.25) is 0 Å². The Bertz CT molecular complexity index is 438. The van der Waals surface area contributed by atoms with Crippen LogP contribution in [0.25, 0.3) is 0 Å². The van der Waals surface area contributed by atoms with Gasteiger partial charge in [0.15, 0.2) is 5.96 Å². The summed E-state index contributed by atoms with van der Waals surface area (Å²) in [5.41, 5.74) is 2.50. The Morgan fingerprint density at radius 2 is 2.00 bits per heavy atom. The van der Waals surface area contributed by atoms with Crippen LogP contribution in [0.4, 0.5) is 0 Å². The average molecular weight is 289 g/mol. The quantitative estimate of drug-likeness (QED) is 0.439. The molecular weight excluding hydrogens is 262 g/mol. The highest BCUT2D eigenvalue weighted by Crippen LogP contribution is 2.28. The minimum atomic E-state index is 0.693. The van der Waals surface area contributed by atoms with Crippen LogP contribution in [0, 0.1) is 12.8 Å². The Morgan fingerprint density at radius 3 is 2.67 bits per heavy atom. The van der Waals surface area contributed by atoms with E-state index in [4.69, 9.17) is 4.74 Å². The van der Waals surface area contributed by atoms with Crippen molar-refractivity contribution >= 4 is 5.96 Å². The topological polar surface area (TPSA) is 45.7 Å². The maximum atomic E-state index is 5.62. The SMILES string of the molecule is CCNC(=NCc1ccc(C)cc1)NCCOCC1CC1. The first-order valence-corrected chi connectivity index (χ1v) is 7.93. The molecular formula is C17H27N3O. The molecule has 116 valence electrons. The fourth-order valence-corrected chi connectivity index (χ4v) is 1.98. The van der Waals surface area contributed by atoms with Gasteiger partial charge in [0.1, 0.15) is 0 Å². The molecule has 4 nitrogen and oxygen atoms in total. The molecule has 0 aliphatic heterocycles. The minimum absolute atomic E-state index is 0.693. The first-order valence-electron chi connectivity index (χ1n) is 7.93. The van der Waals surface area contributed by atoms with E-state index in [2.05, 4.69) is 53.7 Å². The molecule has 0 radical (unpaired) electrons. The van der Waals surface area contributed by atoms with Gasteiger partial charge in [-0.25, -0.2) is 4.99 Å². The van der Waals surface area contributed by atoms with Crippen LogP contribution in [-0.4, -0.2) is 32.3 Å². The van der Waals surface area contributed by atoms with Crippen LogP contribution in [0.1, 0.15) is 30.9 Å². The monoisotopic (exact) mass is 289 g/mol. The first kappa shape index (κ1) is 15.8. The Balaban J connectivity index is 1.70. The van der Waals surface area contributed by atoms with Gasteiger partial charge in [-0.3, -0.25) is 0 Å². The van der Waals surface area contributed by atoms with Gasteiger partial charge in [-0.2, -0.15) is 0 Å². The third kappa shape index (κ3) is 6.63. The summed E-state index contributed by atoms with van der Waals surface area (Å²) in [4.78, 5) is 4.60. The van der Waals surface area contributed by atoms with E-state index < -0.39 is 0 Å². The molecule has 1 fully saturated rings. The molecule has 1 saturated carbocycles. The lowest BCUT2D eigenvalue weighted by Gasteiger charge is -2.11. The molecule has 0 atom stereocenters. The summed E-state index contributed by atoms with van der Waals surface area (Å²) in [7, 11) is 0. The highest BCUT2D eigenvalue weighted by Gasteiger charge is 2.20. The largest absolute Gasteiger partial charge is 0.379 e. The number of nitrogens with zero attached hydrogens (tertiary/aromatic N) is 1. The van der Waals surface area contributed by atoms with Crippen molar-refractivity contribution in [3.63, 3.8) is 0 Å². The molecule has 0 spiro atoms. The third-order valence-electron chi connectivity index (χ3n) is 3.47. The van der Waals surface area contributed by atoms with Crippen molar-refractivity contribution in [1.29, 1.82) is 0 Å². The Labute approximate surface area is 128 Å². The van der Waals surface area contributed by atoms with Gasteiger partial charge in [-0.05, 0) is 38.2 Å². The van der Waals surface area contributed by atoms with Gasteiger partial charge in [0.05, 0.1) is 13.2 Å². The summed E-state index contributed by atoms with van der Waals surface area (Å²) < 4.78 is 5.62. The molecule has 0 unspecified atom stereocenters. The maximum absolute atomic E-state index is 5.62. The Hall–Kier alpha value is -1.55. The molecule has 1 aliphatic carbocycles. The Morgan fingerprint density at radius 1 is 1.24 bits per heavy atom. The van der Waals surface area contributed by atoms with Crippen molar-refractivity contribution < 1.29 is 4.74 Å². The zero-order valence-corrected chi connectivity index (χ0v) is 13.2. The fourth-order valence-electron chi connectivity index (χ4n) is 1.98. The van der Waals surface area contributed by atoms with Gasteiger partial charge in [-0.15, -0.1) is 0 Å². The second-order valence-electron chi connectivity index (χ2n) is 5.63. The van der Waals surface area contributed by atoms with Crippen molar-refractivity contribution in [3.05, 3.63) is 35.4 Å². The number of ether oxygens (including phenoxy) is 1.